The maximum atomic E-state index is 13.0. The molecule has 0 atom stereocenters. The number of nitro benzene ring substituents is 1. The first kappa shape index (κ1) is 22.2. The predicted octanol–water partition coefficient (Wildman–Crippen LogP) is 3.98. The van der Waals surface area contributed by atoms with Crippen molar-refractivity contribution in [1.29, 1.82) is 0 Å². The van der Waals surface area contributed by atoms with E-state index < -0.39 is 10.9 Å². The fourth-order valence-electron chi connectivity index (χ4n) is 3.64. The molecule has 0 saturated carbocycles. The van der Waals surface area contributed by atoms with Crippen molar-refractivity contribution >= 4 is 45.1 Å². The van der Waals surface area contributed by atoms with Crippen molar-refractivity contribution in [1.82, 2.24) is 9.38 Å². The van der Waals surface area contributed by atoms with Crippen molar-refractivity contribution < 1.29 is 19.2 Å². The van der Waals surface area contributed by atoms with Gasteiger partial charge in [-0.25, -0.2) is 14.2 Å². The van der Waals surface area contributed by atoms with E-state index in [4.69, 9.17) is 9.47 Å². The van der Waals surface area contributed by atoms with Crippen LogP contribution < -0.4 is 19.6 Å². The van der Waals surface area contributed by atoms with Crippen LogP contribution in [-0.2, 0) is 0 Å². The Balaban J connectivity index is 1.49. The summed E-state index contributed by atoms with van der Waals surface area (Å²) >= 11 is 1.28. The number of aromatic nitrogens is 2. The molecule has 0 unspecified atom stereocenters. The summed E-state index contributed by atoms with van der Waals surface area (Å²) in [5.74, 6) is -0.284. The maximum Gasteiger partial charge on any atom is 0.343 e. The molecule has 2 heterocycles. The molecule has 0 fully saturated rings. The number of para-hydroxylation sites is 2. The fraction of sp³-hybridized carbons (Fsp3) is 0.0800. The minimum absolute atomic E-state index is 0.0439. The van der Waals surface area contributed by atoms with Crippen molar-refractivity contribution in [2.45, 2.75) is 6.92 Å². The van der Waals surface area contributed by atoms with Crippen molar-refractivity contribution in [3.05, 3.63) is 103 Å². The number of non-ortho nitro benzene ring substituents is 1. The van der Waals surface area contributed by atoms with Crippen molar-refractivity contribution in [3.63, 3.8) is 0 Å². The molecule has 174 valence electrons. The molecule has 0 aliphatic carbocycles. The highest BCUT2D eigenvalue weighted by atomic mass is 32.1. The predicted molar refractivity (Wildman–Crippen MR) is 131 cm³/mol. The number of nitrogens with zero attached hydrogens (tertiary/aromatic N) is 3. The summed E-state index contributed by atoms with van der Waals surface area (Å²) in [6, 6.07) is 17.7. The van der Waals surface area contributed by atoms with Gasteiger partial charge >= 0.3 is 5.97 Å². The summed E-state index contributed by atoms with van der Waals surface area (Å²) in [4.78, 5) is 41.1. The zero-order valence-corrected chi connectivity index (χ0v) is 19.2. The highest BCUT2D eigenvalue weighted by Crippen LogP contribution is 2.30. The minimum atomic E-state index is -0.750. The topological polar surface area (TPSA) is 113 Å². The van der Waals surface area contributed by atoms with Gasteiger partial charge in [0, 0.05) is 12.1 Å². The van der Waals surface area contributed by atoms with Gasteiger partial charge in [0.15, 0.2) is 16.5 Å². The van der Waals surface area contributed by atoms with Crippen molar-refractivity contribution in [2.75, 3.05) is 6.61 Å². The molecule has 0 aliphatic heterocycles. The summed E-state index contributed by atoms with van der Waals surface area (Å²) in [5.41, 5.74) is 1.85. The van der Waals surface area contributed by atoms with Gasteiger partial charge in [-0.15, -0.1) is 0 Å². The molecule has 9 nitrogen and oxygen atoms in total. The Morgan fingerprint density at radius 1 is 1.11 bits per heavy atom. The standard InChI is InChI=1S/C25H17N3O6S/c1-2-33-21-12-15(10-11-20(21)34-24(30)16-6-5-7-17(14-16)28(31)32)13-22-23(29)27-19-9-4-3-8-18(19)26-25(27)35-22/h3-14H,2H2,1H3/b22-13-. The van der Waals surface area contributed by atoms with Crippen LogP contribution in [0.2, 0.25) is 0 Å². The van der Waals surface area contributed by atoms with E-state index in [1.165, 1.54) is 29.5 Å². The Morgan fingerprint density at radius 2 is 1.94 bits per heavy atom. The summed E-state index contributed by atoms with van der Waals surface area (Å²) in [7, 11) is 0. The van der Waals surface area contributed by atoms with Gasteiger partial charge < -0.3 is 9.47 Å². The molecule has 0 aliphatic rings. The number of hydrogen-bond acceptors (Lipinski definition) is 8. The summed E-state index contributed by atoms with van der Waals surface area (Å²) in [5, 5.41) is 11.0. The number of thiazole rings is 1. The molecule has 5 aromatic rings. The Kier molecular flexibility index (Phi) is 5.71. The zero-order chi connectivity index (χ0) is 24.5. The number of imidazole rings is 1. The van der Waals surface area contributed by atoms with Crippen LogP contribution in [0, 0.1) is 10.1 Å². The Bertz CT molecular complexity index is 1720. The minimum Gasteiger partial charge on any atom is -0.490 e. The lowest BCUT2D eigenvalue weighted by atomic mass is 10.2. The first-order valence-corrected chi connectivity index (χ1v) is 11.4. The van der Waals surface area contributed by atoms with E-state index >= 15 is 0 Å². The number of hydrogen-bond donors (Lipinski definition) is 0. The number of nitro groups is 1. The number of carbonyl (C=O) groups is 1. The maximum absolute atomic E-state index is 13.0. The van der Waals surface area contributed by atoms with Gasteiger partial charge in [-0.1, -0.05) is 35.6 Å². The van der Waals surface area contributed by atoms with E-state index in [-0.39, 0.29) is 22.6 Å². The molecule has 0 N–H and O–H groups in total. The number of rotatable bonds is 6. The van der Waals surface area contributed by atoms with Crippen LogP contribution in [0.25, 0.3) is 22.1 Å². The molecule has 5 rings (SSSR count). The van der Waals surface area contributed by atoms with Gasteiger partial charge in [-0.2, -0.15) is 0 Å². The smallest absolute Gasteiger partial charge is 0.343 e. The molecule has 2 aromatic heterocycles. The van der Waals surface area contributed by atoms with E-state index in [0.717, 1.165) is 17.1 Å². The lowest BCUT2D eigenvalue weighted by Crippen LogP contribution is -2.22. The number of benzene rings is 3. The third-order valence-corrected chi connectivity index (χ3v) is 6.17. The van der Waals surface area contributed by atoms with Crippen LogP contribution in [0.15, 0.2) is 71.5 Å². The molecular formula is C25H17N3O6S. The molecule has 0 radical (unpaired) electrons. The van der Waals surface area contributed by atoms with E-state index in [1.54, 1.807) is 35.6 Å². The fourth-order valence-corrected chi connectivity index (χ4v) is 4.62. The molecule has 0 saturated heterocycles. The molecule has 0 spiro atoms. The largest absolute Gasteiger partial charge is 0.490 e. The van der Waals surface area contributed by atoms with Gasteiger partial charge in [0.25, 0.3) is 11.2 Å². The van der Waals surface area contributed by atoms with E-state index in [9.17, 15) is 19.7 Å². The van der Waals surface area contributed by atoms with Gasteiger partial charge in [0.2, 0.25) is 0 Å². The van der Waals surface area contributed by atoms with Gasteiger partial charge in [0.1, 0.15) is 0 Å². The first-order valence-electron chi connectivity index (χ1n) is 10.6. The van der Waals surface area contributed by atoms with Gasteiger partial charge in [-0.05, 0) is 48.9 Å². The van der Waals surface area contributed by atoms with Crippen molar-refractivity contribution in [2.24, 2.45) is 0 Å². The van der Waals surface area contributed by atoms with Crippen LogP contribution in [0.1, 0.15) is 22.8 Å². The van der Waals surface area contributed by atoms with Crippen LogP contribution in [0.5, 0.6) is 11.5 Å². The third kappa shape index (κ3) is 4.22. The molecule has 0 amide bonds. The zero-order valence-electron chi connectivity index (χ0n) is 18.3. The number of esters is 1. The van der Waals surface area contributed by atoms with Crippen LogP contribution in [-0.4, -0.2) is 26.9 Å². The molecule has 3 aromatic carbocycles. The first-order chi connectivity index (χ1) is 16.9. The molecule has 0 bridgehead atoms. The van der Waals surface area contributed by atoms with Crippen LogP contribution >= 0.6 is 11.3 Å². The number of fused-ring (bicyclic) bond motifs is 3. The van der Waals surface area contributed by atoms with Crippen molar-refractivity contribution in [3.8, 4) is 11.5 Å². The third-order valence-electron chi connectivity index (χ3n) is 5.21. The Labute approximate surface area is 201 Å². The lowest BCUT2D eigenvalue weighted by Gasteiger charge is -2.11. The summed E-state index contributed by atoms with van der Waals surface area (Å²) < 4.78 is 13.2. The second-order valence-corrected chi connectivity index (χ2v) is 8.48. The molecule has 35 heavy (non-hydrogen) atoms. The van der Waals surface area contributed by atoms with E-state index in [0.29, 0.717) is 27.4 Å². The van der Waals surface area contributed by atoms with Gasteiger partial charge in [0.05, 0.1) is 32.7 Å². The Hall–Kier alpha value is -4.57. The quantitative estimate of drug-likeness (QED) is 0.154. The van der Waals surface area contributed by atoms with E-state index in [2.05, 4.69) is 4.98 Å². The highest BCUT2D eigenvalue weighted by molar-refractivity contribution is 7.15. The van der Waals surface area contributed by atoms with E-state index in [1.807, 2.05) is 24.3 Å². The average Bonchev–Trinajstić information content (AvgIpc) is 3.36. The van der Waals surface area contributed by atoms with Crippen LogP contribution in [0.4, 0.5) is 5.69 Å². The normalized spacial score (nSPS) is 11.7. The summed E-state index contributed by atoms with van der Waals surface area (Å²) in [6.45, 7) is 2.11. The monoisotopic (exact) mass is 487 g/mol. The SMILES string of the molecule is CCOc1cc(/C=c2\sc3nc4ccccc4n3c2=O)ccc1OC(=O)c1cccc([N+](=O)[O-])c1. The summed E-state index contributed by atoms with van der Waals surface area (Å²) in [6.07, 6.45) is 1.73. The highest BCUT2D eigenvalue weighted by Gasteiger charge is 2.16. The molecular weight excluding hydrogens is 470 g/mol. The van der Waals surface area contributed by atoms with Gasteiger partial charge in [-0.3, -0.25) is 14.9 Å². The second kappa shape index (κ2) is 8.99. The lowest BCUT2D eigenvalue weighted by molar-refractivity contribution is -0.384. The Morgan fingerprint density at radius 3 is 2.74 bits per heavy atom. The number of ether oxygens (including phenoxy) is 2. The second-order valence-electron chi connectivity index (χ2n) is 7.47. The average molecular weight is 487 g/mol. The molecule has 10 heteroatoms. The van der Waals surface area contributed by atoms with Crippen LogP contribution in [0.3, 0.4) is 0 Å². The number of carbonyl (C=O) groups excluding carboxylic acids is 1.